The topological polar surface area (TPSA) is 17.1 Å². The van der Waals surface area contributed by atoms with Gasteiger partial charge in [0.1, 0.15) is 0 Å². The lowest BCUT2D eigenvalue weighted by atomic mass is 9.99. The number of rotatable bonds is 5. The molecule has 1 aromatic rings. The molecule has 0 saturated carbocycles. The lowest BCUT2D eigenvalue weighted by Gasteiger charge is -2.07. The van der Waals surface area contributed by atoms with E-state index in [0.717, 1.165) is 28.4 Å². The van der Waals surface area contributed by atoms with Gasteiger partial charge in [-0.15, -0.1) is 0 Å². The molecule has 0 fully saturated rings. The van der Waals surface area contributed by atoms with Gasteiger partial charge in [-0.2, -0.15) is 0 Å². The molecule has 0 spiro atoms. The zero-order valence-electron chi connectivity index (χ0n) is 10.2. The molecule has 0 aliphatic carbocycles. The van der Waals surface area contributed by atoms with Gasteiger partial charge in [-0.3, -0.25) is 4.79 Å². The van der Waals surface area contributed by atoms with E-state index >= 15 is 0 Å². The van der Waals surface area contributed by atoms with Crippen molar-refractivity contribution in [2.75, 3.05) is 0 Å². The van der Waals surface area contributed by atoms with Crippen molar-refractivity contribution < 1.29 is 4.79 Å². The van der Waals surface area contributed by atoms with Gasteiger partial charge < -0.3 is 0 Å². The van der Waals surface area contributed by atoms with Crippen LogP contribution in [0.1, 0.15) is 49.0 Å². The summed E-state index contributed by atoms with van der Waals surface area (Å²) in [5.74, 6) is 0.941. The molecular weight excluding hydrogens is 264 g/mol. The average Bonchev–Trinajstić information content (AvgIpc) is 2.21. The Kier molecular flexibility index (Phi) is 5.20. The number of Topliss-reactive ketones (excluding diaryl/α,β-unsaturated/α-hetero) is 1. The van der Waals surface area contributed by atoms with E-state index in [9.17, 15) is 4.79 Å². The van der Waals surface area contributed by atoms with Gasteiger partial charge >= 0.3 is 0 Å². The number of carbonyl (C=O) groups is 1. The van der Waals surface area contributed by atoms with Gasteiger partial charge in [-0.25, -0.2) is 0 Å². The highest BCUT2D eigenvalue weighted by Crippen LogP contribution is 2.21. The number of hydrogen-bond acceptors (Lipinski definition) is 1. The Bertz CT molecular complexity index is 369. The van der Waals surface area contributed by atoms with E-state index in [1.807, 2.05) is 25.1 Å². The van der Waals surface area contributed by atoms with Gasteiger partial charge in [0.05, 0.1) is 0 Å². The van der Waals surface area contributed by atoms with Crippen LogP contribution in [0.3, 0.4) is 0 Å². The van der Waals surface area contributed by atoms with Crippen LogP contribution in [0, 0.1) is 12.8 Å². The number of hydrogen-bond donors (Lipinski definition) is 0. The van der Waals surface area contributed by atoms with E-state index in [1.54, 1.807) is 0 Å². The summed E-state index contributed by atoms with van der Waals surface area (Å²) in [6.07, 6.45) is 2.77. The van der Waals surface area contributed by atoms with Crippen LogP contribution in [-0.2, 0) is 0 Å². The minimum atomic E-state index is 0.263. The predicted molar refractivity (Wildman–Crippen MR) is 71.9 cm³/mol. The number of ketones is 1. The Morgan fingerprint density at radius 1 is 1.38 bits per heavy atom. The molecule has 88 valence electrons. The van der Waals surface area contributed by atoms with E-state index in [0.29, 0.717) is 12.3 Å². The van der Waals surface area contributed by atoms with Crippen LogP contribution in [-0.4, -0.2) is 5.78 Å². The Morgan fingerprint density at radius 2 is 2.06 bits per heavy atom. The van der Waals surface area contributed by atoms with Crippen LogP contribution in [0.5, 0.6) is 0 Å². The second-order valence-corrected chi connectivity index (χ2v) is 5.48. The van der Waals surface area contributed by atoms with Gasteiger partial charge in [0.15, 0.2) is 5.78 Å². The second-order valence-electron chi connectivity index (χ2n) is 4.62. The fourth-order valence-corrected chi connectivity index (χ4v) is 2.08. The van der Waals surface area contributed by atoms with Crippen molar-refractivity contribution in [3.05, 3.63) is 33.8 Å². The molecule has 16 heavy (non-hydrogen) atoms. The maximum atomic E-state index is 12.0. The van der Waals surface area contributed by atoms with E-state index in [4.69, 9.17) is 0 Å². The first-order valence-corrected chi connectivity index (χ1v) is 6.60. The van der Waals surface area contributed by atoms with Crippen LogP contribution < -0.4 is 0 Å². The number of benzene rings is 1. The zero-order valence-corrected chi connectivity index (χ0v) is 11.8. The van der Waals surface area contributed by atoms with Crippen LogP contribution in [0.4, 0.5) is 0 Å². The van der Waals surface area contributed by atoms with Crippen molar-refractivity contribution >= 4 is 21.7 Å². The summed E-state index contributed by atoms with van der Waals surface area (Å²) in [7, 11) is 0. The third-order valence-corrected chi connectivity index (χ3v) is 3.61. The first-order valence-electron chi connectivity index (χ1n) is 5.80. The molecule has 0 amide bonds. The SMILES string of the molecule is Cc1c(Br)cccc1C(=O)CCCC(C)C. The summed E-state index contributed by atoms with van der Waals surface area (Å²) < 4.78 is 1.02. The Labute approximate surface area is 106 Å². The summed E-state index contributed by atoms with van der Waals surface area (Å²) in [5.41, 5.74) is 1.91. The van der Waals surface area contributed by atoms with E-state index in [1.165, 1.54) is 0 Å². The van der Waals surface area contributed by atoms with Gasteiger partial charge in [-0.1, -0.05) is 48.3 Å². The third kappa shape index (κ3) is 3.75. The molecule has 0 aliphatic heterocycles. The average molecular weight is 283 g/mol. The van der Waals surface area contributed by atoms with Crippen molar-refractivity contribution in [1.29, 1.82) is 0 Å². The molecule has 0 saturated heterocycles. The Hall–Kier alpha value is -0.630. The molecule has 0 N–H and O–H groups in total. The first-order chi connectivity index (χ1) is 7.52. The molecule has 1 aromatic carbocycles. The lowest BCUT2D eigenvalue weighted by molar-refractivity contribution is 0.0977. The smallest absolute Gasteiger partial charge is 0.163 e. The fraction of sp³-hybridized carbons (Fsp3) is 0.500. The maximum absolute atomic E-state index is 12.0. The highest BCUT2D eigenvalue weighted by molar-refractivity contribution is 9.10. The fourth-order valence-electron chi connectivity index (χ4n) is 1.72. The summed E-state index contributed by atoms with van der Waals surface area (Å²) in [5, 5.41) is 0. The number of carbonyl (C=O) groups excluding carboxylic acids is 1. The molecule has 0 bridgehead atoms. The summed E-state index contributed by atoms with van der Waals surface area (Å²) in [6.45, 7) is 6.36. The van der Waals surface area contributed by atoms with E-state index in [2.05, 4.69) is 29.8 Å². The maximum Gasteiger partial charge on any atom is 0.163 e. The van der Waals surface area contributed by atoms with Crippen molar-refractivity contribution in [3.8, 4) is 0 Å². The van der Waals surface area contributed by atoms with Crippen LogP contribution in [0.2, 0.25) is 0 Å². The third-order valence-electron chi connectivity index (χ3n) is 2.75. The zero-order chi connectivity index (χ0) is 12.1. The van der Waals surface area contributed by atoms with Crippen LogP contribution >= 0.6 is 15.9 Å². The minimum absolute atomic E-state index is 0.263. The standard InChI is InChI=1S/C14H19BrO/c1-10(2)6-4-9-14(16)12-7-5-8-13(15)11(12)3/h5,7-8,10H,4,6,9H2,1-3H3. The summed E-state index contributed by atoms with van der Waals surface area (Å²) >= 11 is 3.45. The van der Waals surface area contributed by atoms with Crippen molar-refractivity contribution in [1.82, 2.24) is 0 Å². The molecule has 1 nitrogen and oxygen atoms in total. The molecule has 0 atom stereocenters. The van der Waals surface area contributed by atoms with Crippen molar-refractivity contribution in [3.63, 3.8) is 0 Å². The second kappa shape index (κ2) is 6.19. The summed E-state index contributed by atoms with van der Waals surface area (Å²) in [6, 6.07) is 5.81. The van der Waals surface area contributed by atoms with E-state index in [-0.39, 0.29) is 5.78 Å². The monoisotopic (exact) mass is 282 g/mol. The van der Waals surface area contributed by atoms with E-state index < -0.39 is 0 Å². The molecule has 1 rings (SSSR count). The van der Waals surface area contributed by atoms with Crippen molar-refractivity contribution in [2.45, 2.75) is 40.0 Å². The highest BCUT2D eigenvalue weighted by atomic mass is 79.9. The highest BCUT2D eigenvalue weighted by Gasteiger charge is 2.10. The quantitative estimate of drug-likeness (QED) is 0.711. The summed E-state index contributed by atoms with van der Waals surface area (Å²) in [4.78, 5) is 12.0. The molecule has 0 unspecified atom stereocenters. The Morgan fingerprint density at radius 3 is 2.69 bits per heavy atom. The predicted octanol–water partition coefficient (Wildman–Crippen LogP) is 4.77. The van der Waals surface area contributed by atoms with Crippen LogP contribution in [0.15, 0.2) is 22.7 Å². The van der Waals surface area contributed by atoms with Gasteiger partial charge in [0, 0.05) is 16.5 Å². The largest absolute Gasteiger partial charge is 0.294 e. The van der Waals surface area contributed by atoms with Gasteiger partial charge in [0.2, 0.25) is 0 Å². The van der Waals surface area contributed by atoms with Crippen LogP contribution in [0.25, 0.3) is 0 Å². The lowest BCUT2D eigenvalue weighted by Crippen LogP contribution is -2.02. The van der Waals surface area contributed by atoms with Gasteiger partial charge in [0.25, 0.3) is 0 Å². The molecular formula is C14H19BrO. The molecule has 0 aliphatic rings. The molecule has 0 heterocycles. The first kappa shape index (κ1) is 13.4. The van der Waals surface area contributed by atoms with Crippen molar-refractivity contribution in [2.24, 2.45) is 5.92 Å². The minimum Gasteiger partial charge on any atom is -0.294 e. The number of halogens is 1. The van der Waals surface area contributed by atoms with Gasteiger partial charge in [-0.05, 0) is 30.9 Å². The molecule has 0 radical (unpaired) electrons. The normalized spacial score (nSPS) is 10.8. The Balaban J connectivity index is 2.63. The molecule has 2 heteroatoms. The molecule has 0 aromatic heterocycles.